The Kier molecular flexibility index (Phi) is 4.97. The van der Waals surface area contributed by atoms with E-state index < -0.39 is 16.0 Å². The van der Waals surface area contributed by atoms with Crippen LogP contribution in [0.1, 0.15) is 0 Å². The average molecular weight is 256 g/mol. The molecular formula is C5H12N4O6S. The lowest BCUT2D eigenvalue weighted by molar-refractivity contribution is 0.270. The molecule has 1 aromatic heterocycles. The topological polar surface area (TPSA) is 185 Å². The summed E-state index contributed by atoms with van der Waals surface area (Å²) in [6, 6.07) is 0. The molecule has 1 rings (SSSR count). The SMILES string of the molecule is Nc1c(N)n(CCO)[nH]c1=O.O=S(=O)(O)O. The van der Waals surface area contributed by atoms with E-state index >= 15 is 0 Å². The third kappa shape index (κ3) is 5.35. The number of aliphatic hydroxyl groups is 1. The second-order valence-corrected chi connectivity index (χ2v) is 3.46. The van der Waals surface area contributed by atoms with Gasteiger partial charge in [0.05, 0.1) is 13.2 Å². The number of hydrogen-bond donors (Lipinski definition) is 6. The van der Waals surface area contributed by atoms with Crippen molar-refractivity contribution >= 4 is 21.9 Å². The average Bonchev–Trinajstić information content (AvgIpc) is 2.32. The predicted molar refractivity (Wildman–Crippen MR) is 55.1 cm³/mol. The first-order chi connectivity index (χ1) is 7.16. The lowest BCUT2D eigenvalue weighted by Gasteiger charge is -2.00. The Morgan fingerprint density at radius 1 is 1.31 bits per heavy atom. The van der Waals surface area contributed by atoms with E-state index in [9.17, 15) is 4.79 Å². The van der Waals surface area contributed by atoms with Crippen LogP contribution in [0.3, 0.4) is 0 Å². The van der Waals surface area contributed by atoms with Crippen LogP contribution in [-0.2, 0) is 16.9 Å². The van der Waals surface area contributed by atoms with E-state index in [0.29, 0.717) is 0 Å². The molecule has 0 aliphatic carbocycles. The molecule has 94 valence electrons. The number of H-pyrrole nitrogens is 1. The van der Waals surface area contributed by atoms with E-state index in [4.69, 9.17) is 34.1 Å². The van der Waals surface area contributed by atoms with Gasteiger partial charge in [-0.3, -0.25) is 23.7 Å². The van der Waals surface area contributed by atoms with E-state index in [1.807, 2.05) is 0 Å². The van der Waals surface area contributed by atoms with Crippen molar-refractivity contribution in [3.63, 3.8) is 0 Å². The number of nitrogen functional groups attached to an aromatic ring is 2. The maximum atomic E-state index is 10.8. The zero-order valence-corrected chi connectivity index (χ0v) is 8.81. The number of anilines is 2. The van der Waals surface area contributed by atoms with Gasteiger partial charge in [-0.2, -0.15) is 8.42 Å². The third-order valence-electron chi connectivity index (χ3n) is 1.37. The van der Waals surface area contributed by atoms with Crippen LogP contribution < -0.4 is 17.0 Å². The highest BCUT2D eigenvalue weighted by Gasteiger charge is 2.06. The van der Waals surface area contributed by atoms with Gasteiger partial charge < -0.3 is 16.6 Å². The van der Waals surface area contributed by atoms with Gasteiger partial charge in [0.1, 0.15) is 11.5 Å². The molecule has 0 aromatic carbocycles. The summed E-state index contributed by atoms with van der Waals surface area (Å²) in [6.07, 6.45) is 0. The van der Waals surface area contributed by atoms with Crippen molar-refractivity contribution in [2.45, 2.75) is 6.54 Å². The van der Waals surface area contributed by atoms with Crippen molar-refractivity contribution in [2.75, 3.05) is 18.1 Å². The van der Waals surface area contributed by atoms with Crippen LogP contribution in [0.4, 0.5) is 11.5 Å². The molecule has 0 radical (unpaired) electrons. The zero-order chi connectivity index (χ0) is 12.9. The van der Waals surface area contributed by atoms with E-state index in [0.717, 1.165) is 0 Å². The van der Waals surface area contributed by atoms with Gasteiger partial charge in [0, 0.05) is 0 Å². The van der Waals surface area contributed by atoms with Gasteiger partial charge >= 0.3 is 10.4 Å². The van der Waals surface area contributed by atoms with Crippen molar-refractivity contribution in [3.05, 3.63) is 10.4 Å². The molecule has 0 saturated carbocycles. The first-order valence-electron chi connectivity index (χ1n) is 3.81. The first kappa shape index (κ1) is 14.4. The van der Waals surface area contributed by atoms with Crippen LogP contribution in [-0.4, -0.2) is 39.0 Å². The zero-order valence-electron chi connectivity index (χ0n) is 7.99. The molecular weight excluding hydrogens is 244 g/mol. The number of aromatic nitrogens is 2. The fraction of sp³-hybridized carbons (Fsp3) is 0.400. The molecule has 0 unspecified atom stereocenters. The fourth-order valence-corrected chi connectivity index (χ4v) is 0.781. The number of aromatic amines is 1. The van der Waals surface area contributed by atoms with Crippen LogP contribution in [0.25, 0.3) is 0 Å². The highest BCUT2D eigenvalue weighted by Crippen LogP contribution is 2.05. The molecule has 16 heavy (non-hydrogen) atoms. The standard InChI is InChI=1S/C5H10N4O2.H2O4S/c6-3-4(7)9(1-2-10)8-5(3)11;1-5(2,3)4/h10H,1-2,6-7H2,(H,8,11);(H2,1,2,3,4). The molecule has 10 nitrogen and oxygen atoms in total. The summed E-state index contributed by atoms with van der Waals surface area (Å²) in [6.45, 7) is 0.159. The largest absolute Gasteiger partial charge is 0.394 e. The van der Waals surface area contributed by atoms with E-state index in [1.165, 1.54) is 4.68 Å². The normalized spacial score (nSPS) is 10.7. The minimum Gasteiger partial charge on any atom is -0.394 e. The second-order valence-electron chi connectivity index (χ2n) is 2.56. The second kappa shape index (κ2) is 5.50. The Morgan fingerprint density at radius 3 is 2.00 bits per heavy atom. The number of nitrogens with two attached hydrogens (primary N) is 2. The van der Waals surface area contributed by atoms with Crippen LogP contribution >= 0.6 is 0 Å². The highest BCUT2D eigenvalue weighted by molar-refractivity contribution is 7.79. The number of hydrogen-bond acceptors (Lipinski definition) is 6. The molecule has 11 heteroatoms. The summed E-state index contributed by atoms with van der Waals surface area (Å²) in [4.78, 5) is 10.8. The van der Waals surface area contributed by atoms with Gasteiger partial charge in [0.15, 0.2) is 0 Å². The number of aliphatic hydroxyl groups excluding tert-OH is 1. The third-order valence-corrected chi connectivity index (χ3v) is 1.37. The molecule has 1 heterocycles. The summed E-state index contributed by atoms with van der Waals surface area (Å²) < 4.78 is 32.9. The van der Waals surface area contributed by atoms with Crippen molar-refractivity contribution in [1.29, 1.82) is 0 Å². The Bertz CT molecular complexity index is 480. The molecule has 1 aromatic rings. The summed E-state index contributed by atoms with van der Waals surface area (Å²) >= 11 is 0. The van der Waals surface area contributed by atoms with Gasteiger partial charge in [-0.25, -0.2) is 0 Å². The number of rotatable bonds is 2. The van der Waals surface area contributed by atoms with Crippen molar-refractivity contribution in [1.82, 2.24) is 9.78 Å². The number of nitrogens with one attached hydrogen (secondary N) is 1. The van der Waals surface area contributed by atoms with Crippen molar-refractivity contribution in [2.24, 2.45) is 0 Å². The van der Waals surface area contributed by atoms with Crippen LogP contribution in [0.5, 0.6) is 0 Å². The molecule has 8 N–H and O–H groups in total. The van der Waals surface area contributed by atoms with Gasteiger partial charge in [-0.15, -0.1) is 0 Å². The van der Waals surface area contributed by atoms with Gasteiger partial charge in [-0.05, 0) is 0 Å². The van der Waals surface area contributed by atoms with Gasteiger partial charge in [0.2, 0.25) is 0 Å². The molecule has 0 bridgehead atoms. The molecule has 0 saturated heterocycles. The molecule has 0 atom stereocenters. The summed E-state index contributed by atoms with van der Waals surface area (Å²) in [5.41, 5.74) is 10.2. The quantitative estimate of drug-likeness (QED) is 0.318. The summed E-state index contributed by atoms with van der Waals surface area (Å²) in [7, 11) is -4.67. The Labute approximate surface area is 90.0 Å². The van der Waals surface area contributed by atoms with Crippen molar-refractivity contribution < 1.29 is 22.6 Å². The van der Waals surface area contributed by atoms with E-state index in [2.05, 4.69) is 5.10 Å². The van der Waals surface area contributed by atoms with Crippen molar-refractivity contribution in [3.8, 4) is 0 Å². The van der Waals surface area contributed by atoms with Crippen LogP contribution in [0, 0.1) is 0 Å². The lowest BCUT2D eigenvalue weighted by Crippen LogP contribution is -2.10. The molecule has 0 fully saturated rings. The van der Waals surface area contributed by atoms with Gasteiger partial charge in [0.25, 0.3) is 5.56 Å². The lowest BCUT2D eigenvalue weighted by atomic mass is 10.5. The van der Waals surface area contributed by atoms with E-state index in [1.54, 1.807) is 0 Å². The Morgan fingerprint density at radius 2 is 1.75 bits per heavy atom. The smallest absolute Gasteiger partial charge is 0.394 e. The molecule has 0 aliphatic rings. The summed E-state index contributed by atoms with van der Waals surface area (Å²) in [5.74, 6) is 0.170. The first-order valence-corrected chi connectivity index (χ1v) is 5.21. The summed E-state index contributed by atoms with van der Waals surface area (Å²) in [5, 5.41) is 10.9. The highest BCUT2D eigenvalue weighted by atomic mass is 32.3. The van der Waals surface area contributed by atoms with Crippen LogP contribution in [0.15, 0.2) is 4.79 Å². The monoisotopic (exact) mass is 256 g/mol. The minimum absolute atomic E-state index is 0.00144. The van der Waals surface area contributed by atoms with Gasteiger partial charge in [-0.1, -0.05) is 0 Å². The molecule has 0 spiro atoms. The van der Waals surface area contributed by atoms with E-state index in [-0.39, 0.29) is 24.7 Å². The van der Waals surface area contributed by atoms with Crippen LogP contribution in [0.2, 0.25) is 0 Å². The maximum absolute atomic E-state index is 10.8. The Balaban J connectivity index is 0.000000385. The maximum Gasteiger partial charge on any atom is 0.394 e. The number of nitrogens with zero attached hydrogens (tertiary/aromatic N) is 1. The molecule has 0 amide bonds. The Hall–Kier alpha value is -1.56. The fourth-order valence-electron chi connectivity index (χ4n) is 0.781. The minimum atomic E-state index is -4.67. The molecule has 0 aliphatic heterocycles. The predicted octanol–water partition coefficient (Wildman–Crippen LogP) is -2.32.